The van der Waals surface area contributed by atoms with Gasteiger partial charge in [0.25, 0.3) is 0 Å². The normalized spacial score (nSPS) is 12.4. The first kappa shape index (κ1) is 13.5. The first-order valence-electron chi connectivity index (χ1n) is 3.79. The van der Waals surface area contributed by atoms with Gasteiger partial charge in [0.1, 0.15) is 0 Å². The zero-order valence-electron chi connectivity index (χ0n) is 7.97. The van der Waals surface area contributed by atoms with Gasteiger partial charge in [-0.1, -0.05) is 0 Å². The Kier molecular flexibility index (Phi) is 10.2. The van der Waals surface area contributed by atoms with E-state index in [1.165, 1.54) is 0 Å². The molecule has 77 valence electrons. The van der Waals surface area contributed by atoms with Crippen molar-refractivity contribution in [2.45, 2.75) is 6.42 Å². The predicted molar refractivity (Wildman–Crippen MR) is 56.1 cm³/mol. The Hall–Kier alpha value is -0.500. The van der Waals surface area contributed by atoms with Crippen molar-refractivity contribution in [3.8, 4) is 6.07 Å². The van der Waals surface area contributed by atoms with Crippen molar-refractivity contribution < 1.29 is 14.2 Å². The standard InChI is InChI=1S/C6H11NO3PS2.Rf/c1-11(9-4-2-3-7)10-6-13-12-5-8;/h2,4-6H2,1H3;/q-1;+1. The molecule has 0 amide bonds. The first-order valence-corrected chi connectivity index (χ1v) is 10.5. The van der Waals surface area contributed by atoms with E-state index < -0.39 is 8.38 Å². The van der Waals surface area contributed by atoms with Crippen LogP contribution in [-0.2, 0) is 14.2 Å². The third kappa shape index (κ3) is 9.59. The van der Waals surface area contributed by atoms with Gasteiger partial charge in [0.05, 0.1) is 0 Å². The third-order valence-electron chi connectivity index (χ3n) is 0.984. The summed E-state index contributed by atoms with van der Waals surface area (Å²) in [5.74, 6) is 1.36. The van der Waals surface area contributed by atoms with E-state index in [9.17, 15) is 0 Å². The van der Waals surface area contributed by atoms with Crippen molar-refractivity contribution in [3.63, 3.8) is 0 Å². The molecule has 0 saturated heterocycles. The van der Waals surface area contributed by atoms with Crippen LogP contribution in [0.3, 0.4) is 0 Å². The topological polar surface area (TPSA) is 51.5 Å². The van der Waals surface area contributed by atoms with Crippen LogP contribution in [0.5, 0.6) is 0 Å². The average Bonchev–Trinajstić information content (AvgIpc) is 2.18. The van der Waals surface area contributed by atoms with Crippen LogP contribution in [0, 0.1) is 11.3 Å². The van der Waals surface area contributed by atoms with E-state index in [1.54, 1.807) is 21.6 Å². The van der Waals surface area contributed by atoms with Gasteiger partial charge in [-0.05, 0) is 0 Å². The maximum atomic E-state index is 8.27. The molecule has 0 aliphatic heterocycles. The molecule has 14 heavy (non-hydrogen) atoms. The van der Waals surface area contributed by atoms with Gasteiger partial charge in [-0.3, -0.25) is 0 Å². The molecule has 1 unspecified atom stereocenters. The van der Waals surface area contributed by atoms with E-state index in [-0.39, 0.29) is 0 Å². The molecular formula is C6H11NO3PRfS2. The van der Waals surface area contributed by atoms with Gasteiger partial charge in [-0.2, -0.15) is 0 Å². The molecule has 0 aliphatic rings. The predicted octanol–water partition coefficient (Wildman–Crippen LogP) is 2.65. The van der Waals surface area contributed by atoms with E-state index in [2.05, 4.69) is 0 Å². The molecule has 0 aromatic heterocycles. The molecule has 0 aliphatic carbocycles. The molecule has 0 aromatic carbocycles. The second-order valence-corrected chi connectivity index (χ2v) is 7.59. The summed E-state index contributed by atoms with van der Waals surface area (Å²) < 4.78 is 11.0. The minimum atomic E-state index is -0.826. The Morgan fingerprint density at radius 1 is 1.36 bits per heavy atom. The quantitative estimate of drug-likeness (QED) is 0.207. The summed E-state index contributed by atoms with van der Waals surface area (Å²) in [4.78, 5) is 0. The molecule has 0 radical (unpaired) electrons. The average molecular weight is 507 g/mol. The molecule has 0 spiro atoms. The number of hydrogen-bond acceptors (Lipinski definition) is 6. The minimum absolute atomic E-state index is 0.334. The molecule has 8 heteroatoms. The maximum absolute atomic E-state index is 8.27. The van der Waals surface area contributed by atoms with Gasteiger partial charge in [-0.15, -0.1) is 0 Å². The van der Waals surface area contributed by atoms with E-state index >= 15 is 0 Å². The van der Waals surface area contributed by atoms with E-state index in [0.29, 0.717) is 19.0 Å². The monoisotopic (exact) mass is 507 g/mol. The molecule has 0 aromatic rings. The van der Waals surface area contributed by atoms with Crippen molar-refractivity contribution >= 4 is 30.0 Å². The van der Waals surface area contributed by atoms with Crippen LogP contribution in [0.2, 0.25) is 0 Å². The summed E-state index contributed by atoms with van der Waals surface area (Å²) in [6.45, 7) is 2.35. The van der Waals surface area contributed by atoms with Crippen molar-refractivity contribution in [1.29, 1.82) is 5.26 Å². The second-order valence-electron chi connectivity index (χ2n) is 1.99. The van der Waals surface area contributed by atoms with Crippen LogP contribution in [-0.4, -0.2) is 25.1 Å². The van der Waals surface area contributed by atoms with E-state index in [0.717, 1.165) is 5.94 Å². The van der Waals surface area contributed by atoms with Crippen LogP contribution in [0.1, 0.15) is 6.42 Å². The fraction of sp³-hybridized carbons (Fsp3) is 0.833. The van der Waals surface area contributed by atoms with Crippen molar-refractivity contribution in [2.75, 3.05) is 25.1 Å². The first-order chi connectivity index (χ1) is 6.81. The Bertz CT molecular complexity index is 172. The molecule has 0 saturated carbocycles. The molecule has 0 fully saturated rings. The SMILES string of the molecule is CP(OCCC#N)OCSSC[O][Rf]. The van der Waals surface area contributed by atoms with Crippen LogP contribution in [0.25, 0.3) is 0 Å². The molecule has 0 N–H and O–H groups in total. The summed E-state index contributed by atoms with van der Waals surface area (Å²) in [6, 6.07) is 2.02. The number of rotatable bonds is 9. The van der Waals surface area contributed by atoms with Gasteiger partial charge >= 0.3 is 87.0 Å². The molecule has 0 heterocycles. The fourth-order valence-corrected chi connectivity index (χ4v) is 5.62. The molecule has 0 rings (SSSR count). The number of nitrogens with zero attached hydrogens (tertiary/aromatic N) is 1. The number of nitriles is 1. The summed E-state index contributed by atoms with van der Waals surface area (Å²) in [6.07, 6.45) is 0.425. The molecule has 1 atom stereocenters. The van der Waals surface area contributed by atoms with Crippen LogP contribution in [0.4, 0.5) is 0 Å². The van der Waals surface area contributed by atoms with Gasteiger partial charge in [0.15, 0.2) is 0 Å². The van der Waals surface area contributed by atoms with Crippen molar-refractivity contribution in [2.24, 2.45) is 0 Å². The Morgan fingerprint density at radius 3 is 2.71 bits per heavy atom. The van der Waals surface area contributed by atoms with Gasteiger partial charge in [0, 0.05) is 0 Å². The molecule has 0 bridgehead atoms. The zero-order valence-corrected chi connectivity index (χ0v) is 16.9. The van der Waals surface area contributed by atoms with Crippen LogP contribution >= 0.6 is 30.0 Å². The third-order valence-corrected chi connectivity index (χ3v) is 6.18. The van der Waals surface area contributed by atoms with E-state index in [1.807, 2.05) is 12.7 Å². The Labute approximate surface area is 87.3 Å². The molecule has 4 nitrogen and oxygen atoms in total. The Balaban J connectivity index is 3.10. The summed E-state index contributed by atoms with van der Waals surface area (Å²) in [5.41, 5.74) is 0. The van der Waals surface area contributed by atoms with E-state index in [4.69, 9.17) is 19.4 Å². The zero-order chi connectivity index (χ0) is 10.6. The number of hydrogen-bond donors (Lipinski definition) is 0. The Morgan fingerprint density at radius 2 is 2.07 bits per heavy atom. The van der Waals surface area contributed by atoms with Crippen molar-refractivity contribution in [1.82, 2.24) is 0 Å². The van der Waals surface area contributed by atoms with Crippen LogP contribution in [0.15, 0.2) is 0 Å². The van der Waals surface area contributed by atoms with Gasteiger partial charge in [0.2, 0.25) is 0 Å². The molecular weight excluding hydrogens is 496 g/mol. The van der Waals surface area contributed by atoms with Gasteiger partial charge in [-0.25, -0.2) is 0 Å². The summed E-state index contributed by atoms with van der Waals surface area (Å²) in [5, 5.41) is 13.3. The van der Waals surface area contributed by atoms with Gasteiger partial charge < -0.3 is 0 Å². The summed E-state index contributed by atoms with van der Waals surface area (Å²) >= 11 is 0. The summed E-state index contributed by atoms with van der Waals surface area (Å²) in [7, 11) is 2.44. The van der Waals surface area contributed by atoms with Crippen LogP contribution < -0.4 is 0 Å². The fourth-order valence-electron chi connectivity index (χ4n) is 0.455. The second kappa shape index (κ2) is 10.6. The van der Waals surface area contributed by atoms with Crippen molar-refractivity contribution in [3.05, 3.63) is 0 Å².